The average Bonchev–Trinajstić information content (AvgIpc) is 2.82. The lowest BCUT2D eigenvalue weighted by atomic mass is 9.86. The summed E-state index contributed by atoms with van der Waals surface area (Å²) >= 11 is 0. The molecule has 3 rings (SSSR count). The molecule has 1 saturated carbocycles. The van der Waals surface area contributed by atoms with Crippen LogP contribution in [0.25, 0.3) is 0 Å². The molecule has 78 valence electrons. The van der Waals surface area contributed by atoms with Gasteiger partial charge >= 0.3 is 0 Å². The molecule has 3 nitrogen and oxygen atoms in total. The highest BCUT2D eigenvalue weighted by Crippen LogP contribution is 2.41. The number of hydrogen-bond donors (Lipinski definition) is 0. The van der Waals surface area contributed by atoms with Gasteiger partial charge in [-0.3, -0.25) is 0 Å². The van der Waals surface area contributed by atoms with Crippen LogP contribution >= 0.6 is 0 Å². The number of oxime groups is 1. The first kappa shape index (κ1) is 8.72. The van der Waals surface area contributed by atoms with Gasteiger partial charge in [0.1, 0.15) is 7.11 Å². The molecule has 2 heterocycles. The lowest BCUT2D eigenvalue weighted by Crippen LogP contribution is -2.30. The molecule has 1 aliphatic carbocycles. The van der Waals surface area contributed by atoms with Crippen molar-refractivity contribution in [3.63, 3.8) is 0 Å². The fraction of sp³-hybridized carbons (Fsp3) is 0.909. The van der Waals surface area contributed by atoms with E-state index in [0.717, 1.165) is 17.8 Å². The Bertz CT molecular complexity index is 260. The van der Waals surface area contributed by atoms with Gasteiger partial charge in [0.25, 0.3) is 0 Å². The molecular formula is C11H18N2O. The number of piperidine rings is 1. The maximum Gasteiger partial charge on any atom is 0.106 e. The molecule has 2 aliphatic heterocycles. The summed E-state index contributed by atoms with van der Waals surface area (Å²) in [5, 5.41) is 4.28. The summed E-state index contributed by atoms with van der Waals surface area (Å²) in [6, 6.07) is 0. The van der Waals surface area contributed by atoms with Crippen molar-refractivity contribution in [2.24, 2.45) is 22.9 Å². The van der Waals surface area contributed by atoms with Crippen molar-refractivity contribution >= 4 is 5.71 Å². The van der Waals surface area contributed by atoms with E-state index in [1.807, 2.05) is 0 Å². The number of nitrogens with zero attached hydrogens (tertiary/aromatic N) is 2. The van der Waals surface area contributed by atoms with Crippen LogP contribution in [0.15, 0.2) is 5.16 Å². The fourth-order valence-electron chi connectivity index (χ4n) is 3.05. The van der Waals surface area contributed by atoms with Crippen LogP contribution in [-0.4, -0.2) is 37.4 Å². The molecule has 0 radical (unpaired) electrons. The molecule has 0 aromatic heterocycles. The maximum absolute atomic E-state index is 4.99. The topological polar surface area (TPSA) is 24.8 Å². The van der Waals surface area contributed by atoms with Gasteiger partial charge in [-0.15, -0.1) is 0 Å². The predicted molar refractivity (Wildman–Crippen MR) is 55.2 cm³/mol. The summed E-state index contributed by atoms with van der Waals surface area (Å²) in [7, 11) is 1.68. The van der Waals surface area contributed by atoms with Crippen LogP contribution in [0.3, 0.4) is 0 Å². The molecule has 3 unspecified atom stereocenters. The van der Waals surface area contributed by atoms with E-state index in [9.17, 15) is 0 Å². The Labute approximate surface area is 85.1 Å². The highest BCUT2D eigenvalue weighted by Gasteiger charge is 2.44. The molecule has 3 aliphatic rings. The third-order valence-electron chi connectivity index (χ3n) is 3.90. The second-order valence-corrected chi connectivity index (χ2v) is 4.89. The van der Waals surface area contributed by atoms with E-state index in [4.69, 9.17) is 4.84 Å². The molecule has 0 aromatic rings. The van der Waals surface area contributed by atoms with Crippen LogP contribution in [0.2, 0.25) is 0 Å². The van der Waals surface area contributed by atoms with Crippen molar-refractivity contribution in [3.8, 4) is 0 Å². The van der Waals surface area contributed by atoms with Crippen LogP contribution < -0.4 is 0 Å². The van der Waals surface area contributed by atoms with E-state index in [1.165, 1.54) is 44.6 Å². The van der Waals surface area contributed by atoms with E-state index in [2.05, 4.69) is 10.1 Å². The average molecular weight is 194 g/mol. The number of rotatable bonds is 3. The Kier molecular flexibility index (Phi) is 2.01. The summed E-state index contributed by atoms with van der Waals surface area (Å²) < 4.78 is 0. The zero-order valence-corrected chi connectivity index (χ0v) is 8.78. The van der Waals surface area contributed by atoms with Gasteiger partial charge in [0.15, 0.2) is 0 Å². The lowest BCUT2D eigenvalue weighted by molar-refractivity contribution is 0.207. The van der Waals surface area contributed by atoms with E-state index in [1.54, 1.807) is 7.11 Å². The van der Waals surface area contributed by atoms with Crippen molar-refractivity contribution in [1.29, 1.82) is 0 Å². The number of fused-ring (bicyclic) bond motifs is 2. The minimum atomic E-state index is 0.719. The van der Waals surface area contributed by atoms with Gasteiger partial charge in [0.05, 0.1) is 5.71 Å². The molecule has 3 heteroatoms. The smallest absolute Gasteiger partial charge is 0.106 e. The summed E-state index contributed by atoms with van der Waals surface area (Å²) in [4.78, 5) is 7.57. The van der Waals surface area contributed by atoms with E-state index >= 15 is 0 Å². The van der Waals surface area contributed by atoms with Gasteiger partial charge in [-0.1, -0.05) is 5.16 Å². The van der Waals surface area contributed by atoms with Gasteiger partial charge in [-0.2, -0.15) is 0 Å². The predicted octanol–water partition coefficient (Wildman–Crippen LogP) is 1.35. The SMILES string of the molecule is CON=C(C1CC1)C1CN2CCC1C2. The zero-order valence-electron chi connectivity index (χ0n) is 8.78. The normalized spacial score (nSPS) is 41.8. The molecule has 2 saturated heterocycles. The van der Waals surface area contributed by atoms with Crippen molar-refractivity contribution in [1.82, 2.24) is 4.90 Å². The maximum atomic E-state index is 4.99. The quantitative estimate of drug-likeness (QED) is 0.500. The van der Waals surface area contributed by atoms with E-state index in [-0.39, 0.29) is 0 Å². The molecule has 2 bridgehead atoms. The Morgan fingerprint density at radius 2 is 2.14 bits per heavy atom. The minimum absolute atomic E-state index is 0.719. The first-order valence-corrected chi connectivity index (χ1v) is 5.72. The van der Waals surface area contributed by atoms with Gasteiger partial charge in [-0.05, 0) is 31.7 Å². The van der Waals surface area contributed by atoms with Crippen molar-refractivity contribution in [2.75, 3.05) is 26.7 Å². The molecule has 0 aromatic carbocycles. The van der Waals surface area contributed by atoms with Crippen LogP contribution in [-0.2, 0) is 4.84 Å². The molecule has 3 fully saturated rings. The van der Waals surface area contributed by atoms with Crippen LogP contribution in [0.4, 0.5) is 0 Å². The van der Waals surface area contributed by atoms with Gasteiger partial charge in [0.2, 0.25) is 0 Å². The van der Waals surface area contributed by atoms with Gasteiger partial charge in [-0.25, -0.2) is 0 Å². The molecule has 14 heavy (non-hydrogen) atoms. The Balaban J connectivity index is 1.76. The second-order valence-electron chi connectivity index (χ2n) is 4.89. The van der Waals surface area contributed by atoms with E-state index in [0.29, 0.717) is 0 Å². The van der Waals surface area contributed by atoms with Gasteiger partial charge in [0, 0.05) is 24.9 Å². The van der Waals surface area contributed by atoms with Crippen LogP contribution in [0.5, 0.6) is 0 Å². The van der Waals surface area contributed by atoms with E-state index < -0.39 is 0 Å². The van der Waals surface area contributed by atoms with Gasteiger partial charge < -0.3 is 9.74 Å². The summed E-state index contributed by atoms with van der Waals surface area (Å²) in [6.07, 6.45) is 4.05. The minimum Gasteiger partial charge on any atom is -0.399 e. The Hall–Kier alpha value is -0.570. The van der Waals surface area contributed by atoms with Crippen LogP contribution in [0.1, 0.15) is 19.3 Å². The summed E-state index contributed by atoms with van der Waals surface area (Å²) in [5.41, 5.74) is 1.37. The second kappa shape index (κ2) is 3.23. The van der Waals surface area contributed by atoms with Crippen molar-refractivity contribution in [3.05, 3.63) is 0 Å². The Morgan fingerprint density at radius 3 is 2.64 bits per heavy atom. The first-order valence-electron chi connectivity index (χ1n) is 5.72. The number of hydrogen-bond acceptors (Lipinski definition) is 3. The Morgan fingerprint density at radius 1 is 1.29 bits per heavy atom. The molecule has 3 atom stereocenters. The third-order valence-corrected chi connectivity index (χ3v) is 3.90. The molecule has 0 N–H and O–H groups in total. The van der Waals surface area contributed by atoms with Crippen molar-refractivity contribution < 1.29 is 4.84 Å². The highest BCUT2D eigenvalue weighted by atomic mass is 16.6. The molecular weight excluding hydrogens is 176 g/mol. The van der Waals surface area contributed by atoms with Crippen LogP contribution in [0, 0.1) is 17.8 Å². The largest absolute Gasteiger partial charge is 0.399 e. The fourth-order valence-corrected chi connectivity index (χ4v) is 3.05. The summed E-state index contributed by atoms with van der Waals surface area (Å²) in [6.45, 7) is 3.86. The van der Waals surface area contributed by atoms with Crippen molar-refractivity contribution in [2.45, 2.75) is 19.3 Å². The summed E-state index contributed by atoms with van der Waals surface area (Å²) in [5.74, 6) is 2.36. The lowest BCUT2D eigenvalue weighted by Gasteiger charge is -2.23. The third kappa shape index (κ3) is 1.34. The zero-order chi connectivity index (χ0) is 9.54. The molecule has 0 amide bonds. The molecule has 0 spiro atoms. The first-order chi connectivity index (χ1) is 6.88. The monoisotopic (exact) mass is 194 g/mol. The highest BCUT2D eigenvalue weighted by molar-refractivity contribution is 5.91. The standard InChI is InChI=1S/C11H18N2O/c1-14-12-11(8-2-3-8)10-7-13-5-4-9(10)6-13/h8-10H,2-7H2,1H3.